The number of β-amino-alcohol motifs (C(OH)–C–C–N with tert-alkyl or cyclic N) is 1. The minimum Gasteiger partial charge on any atom is -0.390 e. The van der Waals surface area contributed by atoms with Crippen molar-refractivity contribution in [2.24, 2.45) is 0 Å². The van der Waals surface area contributed by atoms with Gasteiger partial charge in [-0.25, -0.2) is 0 Å². The van der Waals surface area contributed by atoms with Crippen LogP contribution in [-0.4, -0.2) is 41.5 Å². The molecule has 1 aliphatic rings. The number of aromatic nitrogens is 1. The summed E-state index contributed by atoms with van der Waals surface area (Å²) in [6, 6.07) is 4.25. The largest absolute Gasteiger partial charge is 0.390 e. The van der Waals surface area contributed by atoms with Gasteiger partial charge in [0.2, 0.25) is 0 Å². The lowest BCUT2D eigenvalue weighted by Gasteiger charge is -2.15. The van der Waals surface area contributed by atoms with Gasteiger partial charge in [-0.3, -0.25) is 0 Å². The van der Waals surface area contributed by atoms with Gasteiger partial charge in [-0.05, 0) is 12.1 Å². The zero-order valence-electron chi connectivity index (χ0n) is 8.19. The molecule has 1 aromatic heterocycles. The predicted molar refractivity (Wildman–Crippen MR) is 55.1 cm³/mol. The lowest BCUT2D eigenvalue weighted by molar-refractivity contribution is 0.163. The van der Waals surface area contributed by atoms with Crippen molar-refractivity contribution >= 4 is 0 Å². The molecule has 2 rings (SSSR count). The molecule has 1 aliphatic heterocycles. The van der Waals surface area contributed by atoms with E-state index in [1.54, 1.807) is 0 Å². The van der Waals surface area contributed by atoms with Gasteiger partial charge in [0.25, 0.3) is 0 Å². The second-order valence-corrected chi connectivity index (χ2v) is 3.71. The standard InChI is InChI=1S/C10H17N3O/c14-10-8-11-7-9(10)12-3-6-13-4-1-2-5-13/h1-2,4-5,9-12,14H,3,6-8H2/t9-,10-/m1/s1. The predicted octanol–water partition coefficient (Wildman–Crippen LogP) is -0.590. The Hall–Kier alpha value is -0.840. The van der Waals surface area contributed by atoms with Gasteiger partial charge in [-0.15, -0.1) is 0 Å². The fourth-order valence-electron chi connectivity index (χ4n) is 1.77. The fraction of sp³-hybridized carbons (Fsp3) is 0.600. The molecule has 2 heterocycles. The third-order valence-electron chi connectivity index (χ3n) is 2.62. The number of hydrogen-bond donors (Lipinski definition) is 3. The van der Waals surface area contributed by atoms with Crippen LogP contribution in [0.4, 0.5) is 0 Å². The molecule has 0 bridgehead atoms. The number of nitrogens with one attached hydrogen (secondary N) is 2. The zero-order valence-corrected chi connectivity index (χ0v) is 8.19. The van der Waals surface area contributed by atoms with Crippen LogP contribution in [0.15, 0.2) is 24.5 Å². The maximum absolute atomic E-state index is 9.51. The summed E-state index contributed by atoms with van der Waals surface area (Å²) in [6.45, 7) is 3.43. The zero-order chi connectivity index (χ0) is 9.80. The molecule has 78 valence electrons. The summed E-state index contributed by atoms with van der Waals surface area (Å²) in [7, 11) is 0. The van der Waals surface area contributed by atoms with Gasteiger partial charge in [0.1, 0.15) is 0 Å². The van der Waals surface area contributed by atoms with Gasteiger partial charge < -0.3 is 20.3 Å². The van der Waals surface area contributed by atoms with Crippen LogP contribution in [-0.2, 0) is 6.54 Å². The Balaban J connectivity index is 1.68. The van der Waals surface area contributed by atoms with Crippen molar-refractivity contribution in [1.29, 1.82) is 0 Å². The van der Waals surface area contributed by atoms with Crippen LogP contribution in [0.2, 0.25) is 0 Å². The lowest BCUT2D eigenvalue weighted by Crippen LogP contribution is -2.40. The molecule has 4 nitrogen and oxygen atoms in total. The van der Waals surface area contributed by atoms with E-state index in [4.69, 9.17) is 0 Å². The van der Waals surface area contributed by atoms with Crippen LogP contribution < -0.4 is 10.6 Å². The number of aliphatic hydroxyl groups is 1. The van der Waals surface area contributed by atoms with E-state index in [-0.39, 0.29) is 12.1 Å². The summed E-state index contributed by atoms with van der Waals surface area (Å²) < 4.78 is 2.13. The molecule has 0 amide bonds. The van der Waals surface area contributed by atoms with Crippen molar-refractivity contribution in [3.63, 3.8) is 0 Å². The van der Waals surface area contributed by atoms with Crippen molar-refractivity contribution in [3.8, 4) is 0 Å². The van der Waals surface area contributed by atoms with Gasteiger partial charge in [0, 0.05) is 44.6 Å². The van der Waals surface area contributed by atoms with Gasteiger partial charge in [0.05, 0.1) is 6.10 Å². The summed E-state index contributed by atoms with van der Waals surface area (Å²) >= 11 is 0. The molecular formula is C10H17N3O. The van der Waals surface area contributed by atoms with Crippen molar-refractivity contribution in [1.82, 2.24) is 15.2 Å². The Morgan fingerprint density at radius 3 is 2.79 bits per heavy atom. The topological polar surface area (TPSA) is 49.2 Å². The molecule has 4 heteroatoms. The second-order valence-electron chi connectivity index (χ2n) is 3.71. The smallest absolute Gasteiger partial charge is 0.0829 e. The first-order valence-electron chi connectivity index (χ1n) is 5.09. The van der Waals surface area contributed by atoms with Crippen molar-refractivity contribution in [2.75, 3.05) is 19.6 Å². The number of aliphatic hydroxyl groups excluding tert-OH is 1. The average molecular weight is 195 g/mol. The Morgan fingerprint density at radius 2 is 2.14 bits per heavy atom. The maximum Gasteiger partial charge on any atom is 0.0829 e. The fourth-order valence-corrected chi connectivity index (χ4v) is 1.77. The third kappa shape index (κ3) is 2.35. The SMILES string of the molecule is O[C@@H]1CNC[C@H]1NCCn1cccc1. The molecular weight excluding hydrogens is 178 g/mol. The van der Waals surface area contributed by atoms with Gasteiger partial charge >= 0.3 is 0 Å². The highest BCUT2D eigenvalue weighted by molar-refractivity contribution is 4.91. The van der Waals surface area contributed by atoms with Crippen molar-refractivity contribution in [2.45, 2.75) is 18.7 Å². The molecule has 1 saturated heterocycles. The molecule has 14 heavy (non-hydrogen) atoms. The third-order valence-corrected chi connectivity index (χ3v) is 2.62. The van der Waals surface area contributed by atoms with E-state index in [0.717, 1.165) is 19.6 Å². The number of nitrogens with zero attached hydrogens (tertiary/aromatic N) is 1. The minimum absolute atomic E-state index is 0.213. The summed E-state index contributed by atoms with van der Waals surface area (Å²) in [5.41, 5.74) is 0. The summed E-state index contributed by atoms with van der Waals surface area (Å²) in [5, 5.41) is 16.0. The molecule has 0 spiro atoms. The van der Waals surface area contributed by atoms with E-state index >= 15 is 0 Å². The van der Waals surface area contributed by atoms with E-state index in [0.29, 0.717) is 6.54 Å². The quantitative estimate of drug-likeness (QED) is 0.602. The Labute approximate surface area is 83.9 Å². The Bertz CT molecular complexity index is 260. The van der Waals surface area contributed by atoms with E-state index in [1.807, 2.05) is 24.5 Å². The summed E-state index contributed by atoms with van der Waals surface area (Å²) in [6.07, 6.45) is 3.86. The highest BCUT2D eigenvalue weighted by atomic mass is 16.3. The first-order valence-corrected chi connectivity index (χ1v) is 5.09. The molecule has 2 atom stereocenters. The average Bonchev–Trinajstić information content (AvgIpc) is 2.78. The first kappa shape index (κ1) is 9.71. The van der Waals surface area contributed by atoms with Crippen molar-refractivity contribution < 1.29 is 5.11 Å². The highest BCUT2D eigenvalue weighted by Gasteiger charge is 2.23. The van der Waals surface area contributed by atoms with Crippen molar-refractivity contribution in [3.05, 3.63) is 24.5 Å². The monoisotopic (exact) mass is 195 g/mol. The summed E-state index contributed by atoms with van der Waals surface area (Å²) in [4.78, 5) is 0. The summed E-state index contributed by atoms with van der Waals surface area (Å²) in [5.74, 6) is 0. The van der Waals surface area contributed by atoms with Crippen LogP contribution >= 0.6 is 0 Å². The van der Waals surface area contributed by atoms with E-state index in [2.05, 4.69) is 15.2 Å². The van der Waals surface area contributed by atoms with Crippen LogP contribution in [0.1, 0.15) is 0 Å². The van der Waals surface area contributed by atoms with E-state index in [1.165, 1.54) is 0 Å². The highest BCUT2D eigenvalue weighted by Crippen LogP contribution is 1.98. The van der Waals surface area contributed by atoms with Gasteiger partial charge in [-0.2, -0.15) is 0 Å². The second kappa shape index (κ2) is 4.59. The molecule has 3 N–H and O–H groups in total. The van der Waals surface area contributed by atoms with Crippen LogP contribution in [0.3, 0.4) is 0 Å². The Morgan fingerprint density at radius 1 is 1.36 bits per heavy atom. The molecule has 0 radical (unpaired) electrons. The van der Waals surface area contributed by atoms with E-state index < -0.39 is 0 Å². The normalized spacial score (nSPS) is 26.9. The van der Waals surface area contributed by atoms with Crippen LogP contribution in [0, 0.1) is 0 Å². The van der Waals surface area contributed by atoms with Crippen LogP contribution in [0.25, 0.3) is 0 Å². The van der Waals surface area contributed by atoms with Gasteiger partial charge in [-0.1, -0.05) is 0 Å². The molecule has 0 unspecified atom stereocenters. The molecule has 1 fully saturated rings. The maximum atomic E-state index is 9.51. The number of hydrogen-bond acceptors (Lipinski definition) is 3. The van der Waals surface area contributed by atoms with Crippen LogP contribution in [0.5, 0.6) is 0 Å². The molecule has 1 aromatic rings. The molecule has 0 aromatic carbocycles. The van der Waals surface area contributed by atoms with E-state index in [9.17, 15) is 5.11 Å². The number of rotatable bonds is 4. The lowest BCUT2D eigenvalue weighted by atomic mass is 10.2. The molecule has 0 saturated carbocycles. The minimum atomic E-state index is -0.236. The molecule has 0 aliphatic carbocycles. The Kier molecular flexibility index (Phi) is 3.18. The first-order chi connectivity index (χ1) is 6.86. The van der Waals surface area contributed by atoms with Gasteiger partial charge in [0.15, 0.2) is 0 Å².